The second-order valence-corrected chi connectivity index (χ2v) is 7.77. The van der Waals surface area contributed by atoms with Gasteiger partial charge in [-0.1, -0.05) is 0 Å². The van der Waals surface area contributed by atoms with Crippen LogP contribution in [0, 0.1) is 0 Å². The minimum atomic E-state index is -0.138. The Bertz CT molecular complexity index is 471. The molecule has 1 aromatic rings. The van der Waals surface area contributed by atoms with Gasteiger partial charge < -0.3 is 14.8 Å². The smallest absolute Gasteiger partial charge is 0.122 e. The normalized spacial score (nSPS) is 25.1. The molecule has 0 bridgehead atoms. The van der Waals surface area contributed by atoms with Crippen molar-refractivity contribution in [2.45, 2.75) is 77.9 Å². The van der Waals surface area contributed by atoms with Crippen molar-refractivity contribution in [1.82, 2.24) is 10.3 Å². The zero-order valence-electron chi connectivity index (χ0n) is 14.0. The highest BCUT2D eigenvalue weighted by atomic mass is 32.1. The fourth-order valence-electron chi connectivity index (χ4n) is 3.02. The zero-order chi connectivity index (χ0) is 15.7. The molecule has 21 heavy (non-hydrogen) atoms. The van der Waals surface area contributed by atoms with Crippen molar-refractivity contribution in [3.05, 3.63) is 16.1 Å². The molecular weight excluding hydrogens is 284 g/mol. The van der Waals surface area contributed by atoms with E-state index in [0.717, 1.165) is 30.3 Å². The van der Waals surface area contributed by atoms with Gasteiger partial charge in [0.15, 0.2) is 0 Å². The Labute approximate surface area is 132 Å². The van der Waals surface area contributed by atoms with Crippen molar-refractivity contribution >= 4 is 11.3 Å². The fraction of sp³-hybridized carbons (Fsp3) is 0.812. The summed E-state index contributed by atoms with van der Waals surface area (Å²) in [4.78, 5) is 4.66. The maximum atomic E-state index is 6.11. The van der Waals surface area contributed by atoms with E-state index in [1.807, 2.05) is 6.92 Å². The molecule has 1 saturated heterocycles. The molecule has 0 aliphatic carbocycles. The van der Waals surface area contributed by atoms with E-state index in [1.54, 1.807) is 11.3 Å². The largest absolute Gasteiger partial charge is 0.372 e. The van der Waals surface area contributed by atoms with Crippen LogP contribution in [-0.2, 0) is 16.0 Å². The van der Waals surface area contributed by atoms with Crippen LogP contribution in [0.4, 0.5) is 0 Å². The van der Waals surface area contributed by atoms with E-state index < -0.39 is 0 Å². The van der Waals surface area contributed by atoms with Gasteiger partial charge in [0.2, 0.25) is 0 Å². The van der Waals surface area contributed by atoms with Gasteiger partial charge in [-0.25, -0.2) is 4.98 Å². The molecule has 4 nitrogen and oxygen atoms in total. The Morgan fingerprint density at radius 1 is 1.48 bits per heavy atom. The Kier molecular flexibility index (Phi) is 5.08. The molecule has 0 amide bonds. The first-order valence-electron chi connectivity index (χ1n) is 7.73. The van der Waals surface area contributed by atoms with Crippen molar-refractivity contribution in [3.8, 4) is 0 Å². The van der Waals surface area contributed by atoms with Gasteiger partial charge in [-0.05, 0) is 48.0 Å². The number of aromatic nitrogens is 1. The lowest BCUT2D eigenvalue weighted by atomic mass is 9.94. The first kappa shape index (κ1) is 16.9. The number of nitrogens with one attached hydrogen (secondary N) is 1. The molecule has 2 heterocycles. The van der Waals surface area contributed by atoms with Crippen LogP contribution in [0.2, 0.25) is 0 Å². The molecule has 2 rings (SSSR count). The lowest BCUT2D eigenvalue weighted by molar-refractivity contribution is -0.0699. The molecule has 120 valence electrons. The number of thiazole rings is 1. The van der Waals surface area contributed by atoms with E-state index in [1.165, 1.54) is 0 Å². The highest BCUT2D eigenvalue weighted by Crippen LogP contribution is 2.37. The third-order valence-electron chi connectivity index (χ3n) is 3.94. The van der Waals surface area contributed by atoms with Crippen LogP contribution in [0.3, 0.4) is 0 Å². The van der Waals surface area contributed by atoms with Crippen LogP contribution in [0.25, 0.3) is 0 Å². The zero-order valence-corrected chi connectivity index (χ0v) is 14.8. The Morgan fingerprint density at radius 3 is 2.76 bits per heavy atom. The van der Waals surface area contributed by atoms with Gasteiger partial charge in [-0.15, -0.1) is 11.3 Å². The fourth-order valence-corrected chi connectivity index (χ4v) is 3.84. The van der Waals surface area contributed by atoms with Crippen LogP contribution in [0.5, 0.6) is 0 Å². The molecule has 2 atom stereocenters. The summed E-state index contributed by atoms with van der Waals surface area (Å²) in [5.74, 6) is 0. The topological polar surface area (TPSA) is 43.4 Å². The van der Waals surface area contributed by atoms with Crippen LogP contribution in [-0.4, -0.2) is 28.8 Å². The molecule has 2 unspecified atom stereocenters. The summed E-state index contributed by atoms with van der Waals surface area (Å²) in [6.45, 7) is 14.2. The van der Waals surface area contributed by atoms with E-state index in [-0.39, 0.29) is 17.3 Å². The predicted octanol–water partition coefficient (Wildman–Crippen LogP) is 3.68. The van der Waals surface area contributed by atoms with E-state index >= 15 is 0 Å². The molecular formula is C16H28N2O2S. The summed E-state index contributed by atoms with van der Waals surface area (Å²) >= 11 is 1.67. The van der Waals surface area contributed by atoms with Crippen molar-refractivity contribution in [1.29, 1.82) is 0 Å². The van der Waals surface area contributed by atoms with Gasteiger partial charge in [-0.2, -0.15) is 0 Å². The highest BCUT2D eigenvalue weighted by molar-refractivity contribution is 7.09. The summed E-state index contributed by atoms with van der Waals surface area (Å²) in [7, 11) is 0. The standard InChI is InChI=1S/C16H28N2O2S/c1-7-19-11(2)14-18-12(10-21-14)9-17-13-8-15(3,4)20-16(13,5)6/h10-11,13,17H,7-9H2,1-6H3. The minimum absolute atomic E-state index is 0.0577. The lowest BCUT2D eigenvalue weighted by Gasteiger charge is -2.27. The van der Waals surface area contributed by atoms with Gasteiger partial charge in [0.1, 0.15) is 11.1 Å². The van der Waals surface area contributed by atoms with Crippen LogP contribution < -0.4 is 5.32 Å². The van der Waals surface area contributed by atoms with E-state index in [9.17, 15) is 0 Å². The third kappa shape index (κ3) is 4.25. The van der Waals surface area contributed by atoms with Gasteiger partial charge in [-0.3, -0.25) is 0 Å². The molecule has 1 aromatic heterocycles. The second kappa shape index (κ2) is 6.32. The van der Waals surface area contributed by atoms with Crippen LogP contribution in [0.15, 0.2) is 5.38 Å². The monoisotopic (exact) mass is 312 g/mol. The Hall–Kier alpha value is -0.490. The average Bonchev–Trinajstić information content (AvgIpc) is 2.89. The first-order valence-corrected chi connectivity index (χ1v) is 8.61. The SMILES string of the molecule is CCOC(C)c1nc(CNC2CC(C)(C)OC2(C)C)cs1. The van der Waals surface area contributed by atoms with Gasteiger partial charge in [0.05, 0.1) is 16.9 Å². The van der Waals surface area contributed by atoms with Crippen LogP contribution >= 0.6 is 11.3 Å². The average molecular weight is 312 g/mol. The van der Waals surface area contributed by atoms with Crippen molar-refractivity contribution in [2.75, 3.05) is 6.61 Å². The summed E-state index contributed by atoms with van der Waals surface area (Å²) in [5.41, 5.74) is 0.890. The Morgan fingerprint density at radius 2 is 2.19 bits per heavy atom. The molecule has 1 aliphatic heterocycles. The first-order chi connectivity index (χ1) is 9.73. The molecule has 0 spiro atoms. The van der Waals surface area contributed by atoms with Gasteiger partial charge in [0, 0.05) is 24.6 Å². The number of hydrogen-bond acceptors (Lipinski definition) is 5. The quantitative estimate of drug-likeness (QED) is 0.870. The molecule has 1 fully saturated rings. The molecule has 0 radical (unpaired) electrons. The number of rotatable bonds is 6. The molecule has 1 N–H and O–H groups in total. The van der Waals surface area contributed by atoms with E-state index in [4.69, 9.17) is 9.47 Å². The number of hydrogen-bond donors (Lipinski definition) is 1. The lowest BCUT2D eigenvalue weighted by Crippen LogP contribution is -2.43. The number of nitrogens with zero attached hydrogens (tertiary/aromatic N) is 1. The summed E-state index contributed by atoms with van der Waals surface area (Å²) < 4.78 is 11.7. The number of ether oxygens (including phenoxy) is 2. The third-order valence-corrected chi connectivity index (χ3v) is 4.99. The predicted molar refractivity (Wildman–Crippen MR) is 86.6 cm³/mol. The van der Waals surface area contributed by atoms with Crippen molar-refractivity contribution in [2.24, 2.45) is 0 Å². The molecule has 5 heteroatoms. The summed E-state index contributed by atoms with van der Waals surface area (Å²) in [5, 5.41) is 6.78. The molecule has 1 aliphatic rings. The van der Waals surface area contributed by atoms with E-state index in [2.05, 4.69) is 50.3 Å². The highest BCUT2D eigenvalue weighted by Gasteiger charge is 2.45. The Balaban J connectivity index is 1.92. The van der Waals surface area contributed by atoms with Gasteiger partial charge in [0.25, 0.3) is 0 Å². The second-order valence-electron chi connectivity index (χ2n) is 6.88. The van der Waals surface area contributed by atoms with Crippen molar-refractivity contribution < 1.29 is 9.47 Å². The van der Waals surface area contributed by atoms with Gasteiger partial charge >= 0.3 is 0 Å². The molecule has 0 saturated carbocycles. The van der Waals surface area contributed by atoms with E-state index in [0.29, 0.717) is 6.04 Å². The van der Waals surface area contributed by atoms with Crippen molar-refractivity contribution in [3.63, 3.8) is 0 Å². The summed E-state index contributed by atoms with van der Waals surface area (Å²) in [6, 6.07) is 0.349. The minimum Gasteiger partial charge on any atom is -0.372 e. The maximum absolute atomic E-state index is 6.11. The summed E-state index contributed by atoms with van der Waals surface area (Å²) in [6.07, 6.45) is 1.10. The van der Waals surface area contributed by atoms with Crippen LogP contribution in [0.1, 0.15) is 64.8 Å². The maximum Gasteiger partial charge on any atom is 0.122 e. The molecule has 0 aromatic carbocycles.